The van der Waals surface area contributed by atoms with Crippen molar-refractivity contribution in [3.05, 3.63) is 76.3 Å². The number of carbonyl (C=O) groups excluding carboxylic acids is 1. The molecule has 1 amide bonds. The first kappa shape index (κ1) is 25.8. The standard InChI is InChI=1S/C32H33N3O5/c1-19-9-11-22(12-10-19)33-31(36)25-16-21-15-20-7-5-13-35-14-6-8-24(28(20)35)29(21)40-32(25)34-23-17-26(37-2)30(39-4)27(18-23)38-3/h9-12,15-18H,5-8,13-14H2,1-4H3,(H,33,36). The molecule has 8 nitrogen and oxygen atoms in total. The number of rotatable bonds is 6. The molecule has 0 aliphatic carbocycles. The molecule has 3 aromatic carbocycles. The van der Waals surface area contributed by atoms with Gasteiger partial charge in [-0.3, -0.25) is 4.79 Å². The number of nitrogens with zero attached hydrogens (tertiary/aromatic N) is 2. The SMILES string of the molecule is COc1cc(N=c2oc3c4c5c(cc3cc2C(=O)Nc2ccc(C)cc2)CCCN5CCC4)cc(OC)c1OC. The maximum absolute atomic E-state index is 13.7. The van der Waals surface area contributed by atoms with Crippen molar-refractivity contribution >= 4 is 33.9 Å². The van der Waals surface area contributed by atoms with Gasteiger partial charge in [0.1, 0.15) is 11.1 Å². The molecule has 0 atom stereocenters. The normalized spacial score (nSPS) is 14.6. The highest BCUT2D eigenvalue weighted by Gasteiger charge is 2.27. The number of nitrogens with one attached hydrogen (secondary N) is 1. The number of methoxy groups -OCH3 is 3. The van der Waals surface area contributed by atoms with Crippen molar-refractivity contribution in [1.29, 1.82) is 0 Å². The number of hydrogen-bond donors (Lipinski definition) is 1. The zero-order valence-corrected chi connectivity index (χ0v) is 23.3. The molecular formula is C32H33N3O5. The minimum atomic E-state index is -0.298. The summed E-state index contributed by atoms with van der Waals surface area (Å²) in [4.78, 5) is 21.0. The van der Waals surface area contributed by atoms with Crippen LogP contribution in [0.5, 0.6) is 17.2 Å². The van der Waals surface area contributed by atoms with Crippen LogP contribution in [0.1, 0.15) is 39.9 Å². The summed E-state index contributed by atoms with van der Waals surface area (Å²) >= 11 is 0. The number of anilines is 2. The van der Waals surface area contributed by atoms with Gasteiger partial charge in [-0.25, -0.2) is 4.99 Å². The van der Waals surface area contributed by atoms with Gasteiger partial charge >= 0.3 is 0 Å². The van der Waals surface area contributed by atoms with E-state index in [0.717, 1.165) is 55.3 Å². The van der Waals surface area contributed by atoms with Gasteiger partial charge in [-0.2, -0.15) is 0 Å². The molecule has 0 saturated heterocycles. The number of carbonyl (C=O) groups is 1. The predicted octanol–water partition coefficient (Wildman–Crippen LogP) is 5.95. The van der Waals surface area contributed by atoms with E-state index in [0.29, 0.717) is 34.2 Å². The molecule has 8 heteroatoms. The number of hydrogen-bond acceptors (Lipinski definition) is 7. The van der Waals surface area contributed by atoms with Crippen LogP contribution in [-0.4, -0.2) is 40.3 Å². The fourth-order valence-electron chi connectivity index (χ4n) is 5.78. The molecule has 0 bridgehead atoms. The highest BCUT2D eigenvalue weighted by atomic mass is 16.5. The Morgan fingerprint density at radius 2 is 1.62 bits per heavy atom. The van der Waals surface area contributed by atoms with E-state index in [9.17, 15) is 4.79 Å². The Bertz CT molecular complexity index is 1650. The van der Waals surface area contributed by atoms with Crippen LogP contribution in [0, 0.1) is 6.92 Å². The Hall–Kier alpha value is -4.46. The average Bonchev–Trinajstić information content (AvgIpc) is 2.98. The minimum Gasteiger partial charge on any atom is -0.493 e. The molecule has 3 heterocycles. The highest BCUT2D eigenvalue weighted by molar-refractivity contribution is 6.06. The largest absolute Gasteiger partial charge is 0.493 e. The van der Waals surface area contributed by atoms with Gasteiger partial charge in [-0.1, -0.05) is 17.7 Å². The van der Waals surface area contributed by atoms with Crippen molar-refractivity contribution in [2.24, 2.45) is 4.99 Å². The third kappa shape index (κ3) is 4.63. The van der Waals surface area contributed by atoms with Gasteiger partial charge in [0, 0.05) is 47.5 Å². The molecule has 0 saturated carbocycles. The predicted molar refractivity (Wildman–Crippen MR) is 156 cm³/mol. The average molecular weight is 540 g/mol. The summed E-state index contributed by atoms with van der Waals surface area (Å²) in [5.41, 5.74) is 7.49. The summed E-state index contributed by atoms with van der Waals surface area (Å²) in [6, 6.07) is 15.3. The van der Waals surface area contributed by atoms with Crippen molar-refractivity contribution in [3.63, 3.8) is 0 Å². The summed E-state index contributed by atoms with van der Waals surface area (Å²) in [6.07, 6.45) is 4.15. The fourth-order valence-corrected chi connectivity index (χ4v) is 5.78. The molecule has 1 N–H and O–H groups in total. The van der Waals surface area contributed by atoms with Gasteiger partial charge in [-0.05, 0) is 62.4 Å². The Morgan fingerprint density at radius 3 is 2.30 bits per heavy atom. The van der Waals surface area contributed by atoms with E-state index >= 15 is 0 Å². The summed E-state index contributed by atoms with van der Waals surface area (Å²) in [6.45, 7) is 4.13. The maximum Gasteiger partial charge on any atom is 0.261 e. The Labute approximate surface area is 233 Å². The van der Waals surface area contributed by atoms with Crippen LogP contribution in [-0.2, 0) is 12.8 Å². The third-order valence-corrected chi connectivity index (χ3v) is 7.66. The van der Waals surface area contributed by atoms with E-state index in [1.807, 2.05) is 37.3 Å². The quantitative estimate of drug-likeness (QED) is 0.326. The molecule has 6 rings (SSSR count). The van der Waals surface area contributed by atoms with Crippen LogP contribution in [0.4, 0.5) is 17.1 Å². The summed E-state index contributed by atoms with van der Waals surface area (Å²) in [7, 11) is 4.67. The van der Waals surface area contributed by atoms with E-state index in [2.05, 4.69) is 16.3 Å². The topological polar surface area (TPSA) is 85.5 Å². The highest BCUT2D eigenvalue weighted by Crippen LogP contribution is 2.42. The zero-order chi connectivity index (χ0) is 27.8. The molecule has 206 valence electrons. The van der Waals surface area contributed by atoms with Gasteiger partial charge in [0.2, 0.25) is 11.3 Å². The van der Waals surface area contributed by atoms with E-state index in [-0.39, 0.29) is 11.5 Å². The van der Waals surface area contributed by atoms with Crippen molar-refractivity contribution in [2.75, 3.05) is 44.6 Å². The Morgan fingerprint density at radius 1 is 0.925 bits per heavy atom. The first-order valence-corrected chi connectivity index (χ1v) is 13.6. The lowest BCUT2D eigenvalue weighted by Crippen LogP contribution is -2.34. The zero-order valence-electron chi connectivity index (χ0n) is 23.3. The van der Waals surface area contributed by atoms with Crippen LogP contribution in [0.2, 0.25) is 0 Å². The molecule has 0 fully saturated rings. The van der Waals surface area contributed by atoms with Gasteiger partial charge in [0.15, 0.2) is 11.5 Å². The van der Waals surface area contributed by atoms with Crippen LogP contribution < -0.4 is 30.0 Å². The number of fused-ring (bicyclic) bond motifs is 2. The molecular weight excluding hydrogens is 506 g/mol. The Kier molecular flexibility index (Phi) is 6.84. The molecule has 0 radical (unpaired) electrons. The van der Waals surface area contributed by atoms with Gasteiger partial charge < -0.3 is 28.8 Å². The van der Waals surface area contributed by atoms with Crippen LogP contribution in [0.15, 0.2) is 57.9 Å². The number of aryl methyl sites for hydroxylation is 3. The molecule has 2 aliphatic heterocycles. The summed E-state index contributed by atoms with van der Waals surface area (Å²) in [5, 5.41) is 3.92. The van der Waals surface area contributed by atoms with Gasteiger partial charge in [0.25, 0.3) is 5.91 Å². The monoisotopic (exact) mass is 539 g/mol. The van der Waals surface area contributed by atoms with Crippen molar-refractivity contribution < 1.29 is 23.4 Å². The Balaban J connectivity index is 1.57. The molecule has 0 unspecified atom stereocenters. The summed E-state index contributed by atoms with van der Waals surface area (Å²) in [5.74, 6) is 1.10. The fraction of sp³-hybridized carbons (Fsp3) is 0.312. The number of ether oxygens (including phenoxy) is 3. The first-order chi connectivity index (χ1) is 19.5. The lowest BCUT2D eigenvalue weighted by Gasteiger charge is -2.37. The smallest absolute Gasteiger partial charge is 0.261 e. The second-order valence-electron chi connectivity index (χ2n) is 10.3. The van der Waals surface area contributed by atoms with E-state index in [1.165, 1.54) is 16.8 Å². The molecule has 40 heavy (non-hydrogen) atoms. The van der Waals surface area contributed by atoms with Crippen molar-refractivity contribution in [3.8, 4) is 17.2 Å². The minimum absolute atomic E-state index is 0.218. The summed E-state index contributed by atoms with van der Waals surface area (Å²) < 4.78 is 23.1. The van der Waals surface area contributed by atoms with Crippen LogP contribution in [0.25, 0.3) is 11.0 Å². The first-order valence-electron chi connectivity index (χ1n) is 13.6. The van der Waals surface area contributed by atoms with Gasteiger partial charge in [-0.15, -0.1) is 0 Å². The second-order valence-corrected chi connectivity index (χ2v) is 10.3. The van der Waals surface area contributed by atoms with E-state index in [1.54, 1.807) is 33.5 Å². The number of benzene rings is 3. The van der Waals surface area contributed by atoms with E-state index in [4.69, 9.17) is 23.6 Å². The molecule has 1 aromatic heterocycles. The van der Waals surface area contributed by atoms with Crippen LogP contribution in [0.3, 0.4) is 0 Å². The molecule has 0 spiro atoms. The van der Waals surface area contributed by atoms with Crippen molar-refractivity contribution in [1.82, 2.24) is 0 Å². The lowest BCUT2D eigenvalue weighted by molar-refractivity contribution is 0.102. The maximum atomic E-state index is 13.7. The van der Waals surface area contributed by atoms with Gasteiger partial charge in [0.05, 0.1) is 27.0 Å². The van der Waals surface area contributed by atoms with Crippen molar-refractivity contribution in [2.45, 2.75) is 32.6 Å². The van der Waals surface area contributed by atoms with Crippen LogP contribution >= 0.6 is 0 Å². The molecule has 4 aromatic rings. The third-order valence-electron chi connectivity index (χ3n) is 7.66. The van der Waals surface area contributed by atoms with E-state index < -0.39 is 0 Å². The lowest BCUT2D eigenvalue weighted by atomic mass is 9.90. The second kappa shape index (κ2) is 10.6. The molecule has 2 aliphatic rings. The number of amides is 1.